The van der Waals surface area contributed by atoms with E-state index >= 15 is 0 Å². The molecule has 2 unspecified atom stereocenters. The number of aliphatic hydroxyl groups is 1. The molecule has 1 aromatic carbocycles. The molecule has 1 aromatic rings. The Hall–Kier alpha value is -1.06. The zero-order valence-corrected chi connectivity index (χ0v) is 12.0. The summed E-state index contributed by atoms with van der Waals surface area (Å²) < 4.78 is 5.59. The van der Waals surface area contributed by atoms with Crippen LogP contribution in [0.5, 0.6) is 5.75 Å². The molecule has 0 saturated carbocycles. The van der Waals surface area contributed by atoms with Crippen LogP contribution in [0.3, 0.4) is 0 Å². The Labute approximate surface area is 116 Å². The number of aliphatic hydroxyl groups excluding tert-OH is 1. The maximum atomic E-state index is 9.08. The first-order chi connectivity index (χ1) is 9.24. The van der Waals surface area contributed by atoms with E-state index in [-0.39, 0.29) is 0 Å². The minimum absolute atomic E-state index is 0.305. The number of piperidine rings is 1. The largest absolute Gasteiger partial charge is 0.494 e. The lowest BCUT2D eigenvalue weighted by Gasteiger charge is -2.30. The fourth-order valence-corrected chi connectivity index (χ4v) is 2.90. The van der Waals surface area contributed by atoms with Gasteiger partial charge in [0.05, 0.1) is 6.61 Å². The molecule has 1 aliphatic heterocycles. The predicted octanol–water partition coefficient (Wildman–Crippen LogP) is 2.82. The van der Waals surface area contributed by atoms with E-state index in [4.69, 9.17) is 9.84 Å². The smallest absolute Gasteiger partial charge is 0.122 e. The van der Waals surface area contributed by atoms with E-state index in [9.17, 15) is 0 Å². The maximum absolute atomic E-state index is 9.08. The van der Waals surface area contributed by atoms with Gasteiger partial charge in [-0.3, -0.25) is 0 Å². The van der Waals surface area contributed by atoms with Crippen LogP contribution in [0.25, 0.3) is 0 Å². The van der Waals surface area contributed by atoms with Gasteiger partial charge in [-0.15, -0.1) is 0 Å². The van der Waals surface area contributed by atoms with E-state index in [1.165, 1.54) is 17.5 Å². The van der Waals surface area contributed by atoms with Crippen molar-refractivity contribution in [1.29, 1.82) is 0 Å². The first-order valence-electron chi connectivity index (χ1n) is 7.32. The fourth-order valence-electron chi connectivity index (χ4n) is 2.90. The summed E-state index contributed by atoms with van der Waals surface area (Å²) in [6.45, 7) is 6.17. The van der Waals surface area contributed by atoms with Crippen molar-refractivity contribution in [3.63, 3.8) is 0 Å². The highest BCUT2D eigenvalue weighted by Gasteiger charge is 2.22. The second-order valence-corrected chi connectivity index (χ2v) is 5.37. The predicted molar refractivity (Wildman–Crippen MR) is 77.5 cm³/mol. The molecule has 2 rings (SSSR count). The first-order valence-corrected chi connectivity index (χ1v) is 7.32. The Morgan fingerprint density at radius 3 is 2.95 bits per heavy atom. The van der Waals surface area contributed by atoms with Crippen molar-refractivity contribution >= 4 is 0 Å². The van der Waals surface area contributed by atoms with Crippen LogP contribution in [0.2, 0.25) is 0 Å². The third-order valence-corrected chi connectivity index (χ3v) is 3.95. The standard InChI is InChI=1S/C16H25NO2/c1-3-19-16-5-4-14(10-12(16)2)15-11-13(7-9-18)6-8-17-15/h4-5,10,13,15,17-18H,3,6-9,11H2,1-2H3. The van der Waals surface area contributed by atoms with Crippen molar-refractivity contribution in [3.8, 4) is 5.75 Å². The van der Waals surface area contributed by atoms with Crippen LogP contribution in [-0.2, 0) is 0 Å². The van der Waals surface area contributed by atoms with Crippen molar-refractivity contribution in [1.82, 2.24) is 5.32 Å². The molecule has 19 heavy (non-hydrogen) atoms. The molecule has 2 atom stereocenters. The molecule has 0 bridgehead atoms. The molecule has 0 amide bonds. The van der Waals surface area contributed by atoms with Crippen molar-refractivity contribution in [2.45, 2.75) is 39.2 Å². The van der Waals surface area contributed by atoms with Crippen molar-refractivity contribution in [2.75, 3.05) is 19.8 Å². The normalized spacial score (nSPS) is 23.3. The zero-order valence-electron chi connectivity index (χ0n) is 12.0. The van der Waals surface area contributed by atoms with E-state index in [1.807, 2.05) is 6.92 Å². The molecule has 106 valence electrons. The Balaban J connectivity index is 2.06. The lowest BCUT2D eigenvalue weighted by atomic mass is 9.86. The molecule has 1 aliphatic rings. The van der Waals surface area contributed by atoms with Crippen molar-refractivity contribution in [2.24, 2.45) is 5.92 Å². The van der Waals surface area contributed by atoms with E-state index < -0.39 is 0 Å². The highest BCUT2D eigenvalue weighted by Crippen LogP contribution is 2.31. The summed E-state index contributed by atoms with van der Waals surface area (Å²) in [5, 5.41) is 12.7. The van der Waals surface area contributed by atoms with Crippen LogP contribution in [0.4, 0.5) is 0 Å². The van der Waals surface area contributed by atoms with Gasteiger partial charge in [-0.1, -0.05) is 12.1 Å². The lowest BCUT2D eigenvalue weighted by Crippen LogP contribution is -2.32. The van der Waals surface area contributed by atoms with Gasteiger partial charge in [0, 0.05) is 12.6 Å². The Bertz CT molecular complexity index is 404. The highest BCUT2D eigenvalue weighted by atomic mass is 16.5. The summed E-state index contributed by atoms with van der Waals surface area (Å²) in [5.41, 5.74) is 2.54. The molecule has 3 heteroatoms. The van der Waals surface area contributed by atoms with E-state index in [0.717, 1.165) is 25.1 Å². The molecular weight excluding hydrogens is 238 g/mol. The summed E-state index contributed by atoms with van der Waals surface area (Å²) in [4.78, 5) is 0. The summed E-state index contributed by atoms with van der Waals surface area (Å²) in [5.74, 6) is 1.62. The van der Waals surface area contributed by atoms with Gasteiger partial charge in [0.15, 0.2) is 0 Å². The summed E-state index contributed by atoms with van der Waals surface area (Å²) in [6.07, 6.45) is 3.22. The third-order valence-electron chi connectivity index (χ3n) is 3.95. The van der Waals surface area contributed by atoms with E-state index in [1.54, 1.807) is 0 Å². The Morgan fingerprint density at radius 1 is 1.42 bits per heavy atom. The van der Waals surface area contributed by atoms with Gasteiger partial charge in [-0.25, -0.2) is 0 Å². The van der Waals surface area contributed by atoms with Crippen LogP contribution in [0, 0.1) is 12.8 Å². The molecule has 1 heterocycles. The summed E-state index contributed by atoms with van der Waals surface area (Å²) >= 11 is 0. The monoisotopic (exact) mass is 263 g/mol. The van der Waals surface area contributed by atoms with E-state index in [2.05, 4.69) is 30.4 Å². The van der Waals surface area contributed by atoms with Crippen LogP contribution in [-0.4, -0.2) is 24.9 Å². The van der Waals surface area contributed by atoms with Crippen LogP contribution in [0.1, 0.15) is 43.4 Å². The van der Waals surface area contributed by atoms with Gasteiger partial charge in [-0.2, -0.15) is 0 Å². The second kappa shape index (κ2) is 6.92. The Morgan fingerprint density at radius 2 is 2.26 bits per heavy atom. The quantitative estimate of drug-likeness (QED) is 0.858. The summed E-state index contributed by atoms with van der Waals surface area (Å²) in [7, 11) is 0. The molecular formula is C16H25NO2. The van der Waals surface area contributed by atoms with Gasteiger partial charge in [-0.05, 0) is 62.8 Å². The maximum Gasteiger partial charge on any atom is 0.122 e. The number of rotatable bonds is 5. The number of hydrogen-bond acceptors (Lipinski definition) is 3. The molecule has 3 nitrogen and oxygen atoms in total. The molecule has 1 fully saturated rings. The van der Waals surface area contributed by atoms with Gasteiger partial charge >= 0.3 is 0 Å². The minimum Gasteiger partial charge on any atom is -0.494 e. The summed E-state index contributed by atoms with van der Waals surface area (Å²) in [6, 6.07) is 6.88. The number of aryl methyl sites for hydroxylation is 1. The van der Waals surface area contributed by atoms with Crippen molar-refractivity contribution in [3.05, 3.63) is 29.3 Å². The first kappa shape index (κ1) is 14.4. The van der Waals surface area contributed by atoms with Gasteiger partial charge in [0.2, 0.25) is 0 Å². The average Bonchev–Trinajstić information content (AvgIpc) is 2.42. The number of benzene rings is 1. The molecule has 0 radical (unpaired) electrons. The van der Waals surface area contributed by atoms with Gasteiger partial charge in [0.25, 0.3) is 0 Å². The SMILES string of the molecule is CCOc1ccc(C2CC(CCO)CCN2)cc1C. The van der Waals surface area contributed by atoms with Crippen LogP contribution >= 0.6 is 0 Å². The van der Waals surface area contributed by atoms with Crippen molar-refractivity contribution < 1.29 is 9.84 Å². The molecule has 0 aromatic heterocycles. The van der Waals surface area contributed by atoms with Crippen LogP contribution in [0.15, 0.2) is 18.2 Å². The zero-order chi connectivity index (χ0) is 13.7. The highest BCUT2D eigenvalue weighted by molar-refractivity contribution is 5.37. The molecule has 0 aliphatic carbocycles. The van der Waals surface area contributed by atoms with Gasteiger partial charge < -0.3 is 15.2 Å². The molecule has 2 N–H and O–H groups in total. The minimum atomic E-state index is 0.305. The molecule has 1 saturated heterocycles. The fraction of sp³-hybridized carbons (Fsp3) is 0.625. The number of ether oxygens (including phenoxy) is 1. The van der Waals surface area contributed by atoms with E-state index in [0.29, 0.717) is 25.2 Å². The lowest BCUT2D eigenvalue weighted by molar-refractivity contribution is 0.216. The van der Waals surface area contributed by atoms with Gasteiger partial charge in [0.1, 0.15) is 5.75 Å². The number of nitrogens with one attached hydrogen (secondary N) is 1. The Kier molecular flexibility index (Phi) is 5.23. The molecule has 0 spiro atoms. The third kappa shape index (κ3) is 3.71. The van der Waals surface area contributed by atoms with Crippen LogP contribution < -0.4 is 10.1 Å². The average molecular weight is 263 g/mol. The second-order valence-electron chi connectivity index (χ2n) is 5.37. The number of hydrogen-bond donors (Lipinski definition) is 2. The topological polar surface area (TPSA) is 41.5 Å².